The number of carbonyl (C=O) groups is 2. The molecule has 0 saturated heterocycles. The maximum atomic E-state index is 13.3. The van der Waals surface area contributed by atoms with Crippen molar-refractivity contribution in [3.63, 3.8) is 0 Å². The number of aromatic amines is 1. The van der Waals surface area contributed by atoms with E-state index in [0.29, 0.717) is 79.8 Å². The van der Waals surface area contributed by atoms with Crippen molar-refractivity contribution in [2.24, 2.45) is 9.98 Å². The molecule has 7 aromatic rings. The van der Waals surface area contributed by atoms with Crippen molar-refractivity contribution in [2.45, 2.75) is 0 Å². The van der Waals surface area contributed by atoms with Gasteiger partial charge in [0.05, 0.1) is 32.6 Å². The molecule has 5 N–H and O–H groups in total. The van der Waals surface area contributed by atoms with Crippen LogP contribution in [0.4, 0.5) is 22.7 Å². The van der Waals surface area contributed by atoms with Gasteiger partial charge >= 0.3 is 0 Å². The second-order valence-corrected chi connectivity index (χ2v) is 15.3. The summed E-state index contributed by atoms with van der Waals surface area (Å²) in [6, 6.07) is 33.0. The predicted molar refractivity (Wildman–Crippen MR) is 232 cm³/mol. The summed E-state index contributed by atoms with van der Waals surface area (Å²) >= 11 is 14.3. The Bertz CT molecular complexity index is 2640. The summed E-state index contributed by atoms with van der Waals surface area (Å²) < 4.78 is 2.45. The number of amides is 2. The fourth-order valence-electron chi connectivity index (χ4n) is 5.42. The zero-order valence-electron chi connectivity index (χ0n) is 28.2. The second-order valence-electron chi connectivity index (χ2n) is 12.0. The lowest BCUT2D eigenvalue weighted by atomic mass is 10.1. The van der Waals surface area contributed by atoms with Crippen molar-refractivity contribution in [1.82, 2.24) is 9.97 Å². The van der Waals surface area contributed by atoms with Crippen LogP contribution in [0.3, 0.4) is 0 Å². The number of para-hydroxylation sites is 2. The minimum Gasteiger partial charge on any atom is -0.507 e. The summed E-state index contributed by atoms with van der Waals surface area (Å²) in [6.07, 6.45) is 3.12. The Balaban J connectivity index is 1.02. The number of benzene rings is 6. The van der Waals surface area contributed by atoms with E-state index in [1.165, 1.54) is 0 Å². The van der Waals surface area contributed by atoms with Gasteiger partial charge in [-0.25, -0.2) is 4.98 Å². The number of phenols is 2. The minimum absolute atomic E-state index is 0.117. The summed E-state index contributed by atoms with van der Waals surface area (Å²) in [5, 5.41) is 25.9. The first-order valence-electron chi connectivity index (χ1n) is 16.4. The van der Waals surface area contributed by atoms with Crippen LogP contribution in [0.15, 0.2) is 143 Å². The van der Waals surface area contributed by atoms with E-state index >= 15 is 0 Å². The highest BCUT2D eigenvalue weighted by atomic mass is 79.9. The Morgan fingerprint density at radius 3 is 1.85 bits per heavy atom. The standard InChI is InChI=1S/C41H26Br4N6O4/c42-29-17-26(18-30(43)36(29)47-21-25-6-2-4-8-34(25)53)41(55)48-28-15-9-22(10-16-28)39-49-32-19-31(44)37(35(45)38(32)50-39)51-40(54)23-11-13-27(14-12-23)46-20-24-5-1-3-7-33(24)52/h1-21,52-53H,(H,48,55)(H,49,50)(H,51,54). The van der Waals surface area contributed by atoms with Crippen LogP contribution in [0, 0.1) is 0 Å². The zero-order valence-corrected chi connectivity index (χ0v) is 34.5. The van der Waals surface area contributed by atoms with E-state index in [4.69, 9.17) is 4.98 Å². The topological polar surface area (TPSA) is 152 Å². The molecule has 0 fully saturated rings. The molecule has 0 radical (unpaired) electrons. The van der Waals surface area contributed by atoms with Crippen molar-refractivity contribution in [3.8, 4) is 22.9 Å². The second kappa shape index (κ2) is 16.5. The van der Waals surface area contributed by atoms with E-state index in [9.17, 15) is 19.8 Å². The third kappa shape index (κ3) is 8.62. The largest absolute Gasteiger partial charge is 0.507 e. The normalized spacial score (nSPS) is 11.4. The summed E-state index contributed by atoms with van der Waals surface area (Å²) in [5.41, 5.74) is 6.45. The Morgan fingerprint density at radius 1 is 0.655 bits per heavy atom. The van der Waals surface area contributed by atoms with Gasteiger partial charge in [0, 0.05) is 59.4 Å². The van der Waals surface area contributed by atoms with Crippen molar-refractivity contribution in [1.29, 1.82) is 0 Å². The number of nitrogens with one attached hydrogen (secondary N) is 3. The number of aromatic nitrogens is 2. The Kier molecular flexibility index (Phi) is 11.4. The molecule has 0 atom stereocenters. The Morgan fingerprint density at radius 2 is 1.24 bits per heavy atom. The molecule has 14 heteroatoms. The van der Waals surface area contributed by atoms with Crippen molar-refractivity contribution in [2.75, 3.05) is 10.6 Å². The third-order valence-electron chi connectivity index (χ3n) is 8.30. The van der Waals surface area contributed by atoms with Crippen LogP contribution in [0.1, 0.15) is 31.8 Å². The number of hydrogen-bond acceptors (Lipinski definition) is 7. The van der Waals surface area contributed by atoms with Gasteiger partial charge in [0.2, 0.25) is 0 Å². The molecule has 6 aromatic carbocycles. The van der Waals surface area contributed by atoms with Crippen LogP contribution in [0.25, 0.3) is 22.4 Å². The van der Waals surface area contributed by atoms with Gasteiger partial charge in [-0.1, -0.05) is 24.3 Å². The number of anilines is 2. The molecular formula is C41H26Br4N6O4. The SMILES string of the molecule is O=C(Nc1ccc(-c2nc3cc(Br)c(NC(=O)c4ccc(N=Cc5ccccc5O)cc4)c(Br)c3[nH]2)cc1)c1cc(Br)c(N=Cc2ccccc2O)c(Br)c1. The number of H-pyrrole nitrogens is 1. The molecule has 55 heavy (non-hydrogen) atoms. The molecule has 2 amide bonds. The first-order valence-corrected chi connectivity index (χ1v) is 19.6. The number of phenolic OH excluding ortho intramolecular Hbond substituents is 2. The number of carbonyl (C=O) groups excluding carboxylic acids is 2. The predicted octanol–water partition coefficient (Wildman–Crippen LogP) is 11.7. The molecule has 0 aliphatic heterocycles. The Hall–Kier alpha value is -5.41. The molecule has 7 rings (SSSR count). The first-order chi connectivity index (χ1) is 26.5. The number of fused-ring (bicyclic) bond motifs is 1. The van der Waals surface area contributed by atoms with E-state index in [1.54, 1.807) is 103 Å². The highest BCUT2D eigenvalue weighted by Crippen LogP contribution is 2.39. The number of rotatable bonds is 9. The van der Waals surface area contributed by atoms with Crippen molar-refractivity contribution < 1.29 is 19.8 Å². The highest BCUT2D eigenvalue weighted by molar-refractivity contribution is 9.11. The number of hydrogen-bond donors (Lipinski definition) is 5. The average Bonchev–Trinajstić information content (AvgIpc) is 3.61. The van der Waals surface area contributed by atoms with E-state index < -0.39 is 0 Å². The van der Waals surface area contributed by atoms with Crippen LogP contribution < -0.4 is 10.6 Å². The van der Waals surface area contributed by atoms with Gasteiger partial charge in [-0.2, -0.15) is 0 Å². The fraction of sp³-hybridized carbons (Fsp3) is 0. The summed E-state index contributed by atoms with van der Waals surface area (Å²) in [5.74, 6) is 0.216. The van der Waals surface area contributed by atoms with E-state index in [0.717, 1.165) is 5.56 Å². The first kappa shape index (κ1) is 37.9. The van der Waals surface area contributed by atoms with Gasteiger partial charge in [0.25, 0.3) is 11.8 Å². The minimum atomic E-state index is -0.317. The van der Waals surface area contributed by atoms with Crippen LogP contribution >= 0.6 is 63.7 Å². The molecule has 1 aromatic heterocycles. The highest BCUT2D eigenvalue weighted by Gasteiger charge is 2.18. The molecule has 0 unspecified atom stereocenters. The number of nitrogens with zero attached hydrogens (tertiary/aromatic N) is 3. The Labute approximate surface area is 348 Å². The molecule has 10 nitrogen and oxygen atoms in total. The molecule has 0 saturated carbocycles. The quantitative estimate of drug-likeness (QED) is 0.0912. The van der Waals surface area contributed by atoms with Gasteiger partial charge in [0.15, 0.2) is 0 Å². The van der Waals surface area contributed by atoms with Gasteiger partial charge in [0.1, 0.15) is 17.3 Å². The molecule has 0 spiro atoms. The molecule has 0 aliphatic rings. The van der Waals surface area contributed by atoms with Crippen LogP contribution in [-0.2, 0) is 0 Å². The average molecular weight is 986 g/mol. The van der Waals surface area contributed by atoms with E-state index in [1.807, 2.05) is 24.3 Å². The lowest BCUT2D eigenvalue weighted by Crippen LogP contribution is -2.12. The van der Waals surface area contributed by atoms with Gasteiger partial charge in [-0.15, -0.1) is 0 Å². The smallest absolute Gasteiger partial charge is 0.255 e. The van der Waals surface area contributed by atoms with E-state index in [2.05, 4.69) is 89.3 Å². The number of aliphatic imine (C=N–C) groups is 2. The summed E-state index contributed by atoms with van der Waals surface area (Å²) in [7, 11) is 0. The maximum Gasteiger partial charge on any atom is 0.255 e. The number of aromatic hydroxyl groups is 2. The molecule has 1 heterocycles. The van der Waals surface area contributed by atoms with Gasteiger partial charge < -0.3 is 25.8 Å². The summed E-state index contributed by atoms with van der Waals surface area (Å²) in [4.78, 5) is 43.4. The summed E-state index contributed by atoms with van der Waals surface area (Å²) in [6.45, 7) is 0. The lowest BCUT2D eigenvalue weighted by molar-refractivity contribution is 0.101. The lowest BCUT2D eigenvalue weighted by Gasteiger charge is -2.10. The third-order valence-corrected chi connectivity index (χ3v) is 10.9. The fourth-order valence-corrected chi connectivity index (χ4v) is 8.21. The molecule has 272 valence electrons. The van der Waals surface area contributed by atoms with Crippen LogP contribution in [0.2, 0.25) is 0 Å². The number of imidazole rings is 1. The zero-order chi connectivity index (χ0) is 38.6. The van der Waals surface area contributed by atoms with Gasteiger partial charge in [-0.05, 0) is 155 Å². The van der Waals surface area contributed by atoms with E-state index in [-0.39, 0.29) is 23.3 Å². The molecular weight excluding hydrogens is 960 g/mol. The van der Waals surface area contributed by atoms with Crippen LogP contribution in [0.5, 0.6) is 11.5 Å². The van der Waals surface area contributed by atoms with Crippen LogP contribution in [-0.4, -0.2) is 44.4 Å². The molecule has 0 bridgehead atoms. The molecule has 0 aliphatic carbocycles. The number of halogens is 4. The monoisotopic (exact) mass is 982 g/mol. The van der Waals surface area contributed by atoms with Crippen molar-refractivity contribution in [3.05, 3.63) is 155 Å². The van der Waals surface area contributed by atoms with Crippen molar-refractivity contribution >= 4 is 122 Å². The van der Waals surface area contributed by atoms with Gasteiger partial charge in [-0.3, -0.25) is 19.6 Å². The maximum absolute atomic E-state index is 13.3.